The molecule has 0 aromatic carbocycles. The molecule has 0 saturated carbocycles. The molecule has 2 fully saturated rings. The second-order valence-electron chi connectivity index (χ2n) is 10.3. The van der Waals surface area contributed by atoms with Crippen LogP contribution in [0.25, 0.3) is 0 Å². The molecule has 0 aromatic heterocycles. The molecule has 19 heteroatoms. The van der Waals surface area contributed by atoms with Crippen LogP contribution in [-0.4, -0.2) is 130 Å². The Kier molecular flexibility index (Phi) is 15.4. The van der Waals surface area contributed by atoms with Crippen molar-refractivity contribution in [1.82, 2.24) is 0 Å². The zero-order valence-electron chi connectivity index (χ0n) is 27.0. The van der Waals surface area contributed by atoms with Crippen molar-refractivity contribution in [1.29, 1.82) is 0 Å². The lowest BCUT2D eigenvalue weighted by Crippen LogP contribution is -2.67. The Morgan fingerprint density at radius 1 is 0.489 bits per heavy atom. The second-order valence-corrected chi connectivity index (χ2v) is 10.3. The van der Waals surface area contributed by atoms with E-state index in [0.717, 1.165) is 48.5 Å². The van der Waals surface area contributed by atoms with Gasteiger partial charge < -0.3 is 57.8 Å². The maximum Gasteiger partial charge on any atom is 0.303 e. The predicted molar refractivity (Wildman–Crippen MR) is 148 cm³/mol. The summed E-state index contributed by atoms with van der Waals surface area (Å²) in [5.74, 6) is -5.83. The molecule has 0 spiro atoms. The molecule has 2 rings (SSSR count). The highest BCUT2D eigenvalue weighted by molar-refractivity contribution is 5.69. The molecule has 10 atom stereocenters. The van der Waals surface area contributed by atoms with Gasteiger partial charge in [0, 0.05) is 55.0 Å². The molecule has 0 bridgehead atoms. The molecular weight excluding hydrogens is 638 g/mol. The van der Waals surface area contributed by atoms with Gasteiger partial charge >= 0.3 is 41.8 Å². The lowest BCUT2D eigenvalue weighted by molar-refractivity contribution is -0.360. The van der Waals surface area contributed by atoms with E-state index in [1.54, 1.807) is 0 Å². The number of carbonyl (C=O) groups is 7. The summed E-state index contributed by atoms with van der Waals surface area (Å²) in [6.07, 6.45) is -15.3. The molecule has 2 saturated heterocycles. The van der Waals surface area contributed by atoms with Crippen LogP contribution in [0.4, 0.5) is 0 Å². The first-order valence-electron chi connectivity index (χ1n) is 14.4. The van der Waals surface area contributed by atoms with Crippen molar-refractivity contribution in [2.24, 2.45) is 5.73 Å². The van der Waals surface area contributed by atoms with Crippen molar-refractivity contribution in [2.45, 2.75) is 110 Å². The van der Waals surface area contributed by atoms with Gasteiger partial charge in [0.1, 0.15) is 31.5 Å². The highest BCUT2D eigenvalue weighted by Crippen LogP contribution is 2.35. The van der Waals surface area contributed by atoms with Crippen LogP contribution in [0.2, 0.25) is 0 Å². The fraction of sp³-hybridized carbons (Fsp3) is 0.750. The fourth-order valence-corrected chi connectivity index (χ4v) is 4.79. The first-order valence-corrected chi connectivity index (χ1v) is 14.4. The normalized spacial score (nSPS) is 30.2. The van der Waals surface area contributed by atoms with E-state index in [2.05, 4.69) is 0 Å². The predicted octanol–water partition coefficient (Wildman–Crippen LogP) is -1.42. The number of esters is 7. The largest absolute Gasteiger partial charge is 0.463 e. The monoisotopic (exact) mass is 679 g/mol. The third-order valence-corrected chi connectivity index (χ3v) is 6.29. The zero-order valence-corrected chi connectivity index (χ0v) is 27.0. The Balaban J connectivity index is 2.71. The Morgan fingerprint density at radius 3 is 1.28 bits per heavy atom. The Labute approximate surface area is 269 Å². The molecule has 2 N–H and O–H groups in total. The van der Waals surface area contributed by atoms with E-state index < -0.39 is 116 Å². The highest BCUT2D eigenvalue weighted by atomic mass is 16.8. The first kappa shape index (κ1) is 39.3. The van der Waals surface area contributed by atoms with Crippen LogP contribution in [0, 0.1) is 0 Å². The van der Waals surface area contributed by atoms with E-state index in [1.807, 2.05) is 0 Å². The van der Waals surface area contributed by atoms with E-state index in [1.165, 1.54) is 0 Å². The molecule has 47 heavy (non-hydrogen) atoms. The quantitative estimate of drug-likeness (QED) is 0.163. The first-order chi connectivity index (χ1) is 22.0. The van der Waals surface area contributed by atoms with E-state index in [4.69, 9.17) is 57.8 Å². The summed E-state index contributed by atoms with van der Waals surface area (Å²) in [6.45, 7) is 6.30. The summed E-state index contributed by atoms with van der Waals surface area (Å²) < 4.78 is 61.2. The van der Waals surface area contributed by atoms with Crippen LogP contribution < -0.4 is 5.73 Å². The van der Waals surface area contributed by atoms with Crippen molar-refractivity contribution in [2.75, 3.05) is 26.4 Å². The van der Waals surface area contributed by atoms with E-state index in [-0.39, 0.29) is 13.2 Å². The number of ether oxygens (including phenoxy) is 11. The SMILES string of the molecule is CC(=O)OC[C@H]1O[C@@H](O[C@H]2[C@H](OC(C)=O)[C@@H](OC(C)=O)[C@H](OCCN)O[C@@H]2COC(C)=O)[C@H](OC(C)=O)[C@@H](OC(C)=O)[C@H]1OC(C)=O. The molecule has 0 radical (unpaired) electrons. The van der Waals surface area contributed by atoms with Gasteiger partial charge in [0.2, 0.25) is 0 Å². The third kappa shape index (κ3) is 12.3. The topological polar surface area (TPSA) is 247 Å². The molecule has 2 aliphatic rings. The van der Waals surface area contributed by atoms with Gasteiger partial charge in [-0.3, -0.25) is 33.6 Å². The number of hydrogen-bond donors (Lipinski definition) is 1. The molecule has 0 aliphatic carbocycles. The highest BCUT2D eigenvalue weighted by Gasteiger charge is 2.57. The van der Waals surface area contributed by atoms with Crippen molar-refractivity contribution >= 4 is 41.8 Å². The Bertz CT molecular complexity index is 1140. The maximum absolute atomic E-state index is 12.3. The molecule has 0 amide bonds. The third-order valence-electron chi connectivity index (χ3n) is 6.29. The van der Waals surface area contributed by atoms with E-state index in [9.17, 15) is 33.6 Å². The van der Waals surface area contributed by atoms with Crippen molar-refractivity contribution in [3.05, 3.63) is 0 Å². The Morgan fingerprint density at radius 2 is 0.851 bits per heavy atom. The van der Waals surface area contributed by atoms with Crippen molar-refractivity contribution in [3.8, 4) is 0 Å². The van der Waals surface area contributed by atoms with Crippen molar-refractivity contribution in [3.63, 3.8) is 0 Å². The average Bonchev–Trinajstić information content (AvgIpc) is 2.94. The van der Waals surface area contributed by atoms with E-state index >= 15 is 0 Å². The summed E-state index contributed by atoms with van der Waals surface area (Å²) in [6, 6.07) is 0. The van der Waals surface area contributed by atoms with Crippen LogP contribution in [-0.2, 0) is 85.7 Å². The molecule has 19 nitrogen and oxygen atoms in total. The van der Waals surface area contributed by atoms with Crippen LogP contribution in [0.5, 0.6) is 0 Å². The van der Waals surface area contributed by atoms with Gasteiger partial charge in [0.15, 0.2) is 43.1 Å². The number of hydrogen-bond acceptors (Lipinski definition) is 19. The van der Waals surface area contributed by atoms with Gasteiger partial charge in [0.05, 0.1) is 6.61 Å². The number of carbonyl (C=O) groups excluding carboxylic acids is 7. The standard InChI is InChI=1S/C28H41NO18/c1-12(30)38-10-19-21(40-14(3)32)23(41-15(4)33)26(44-18(7)36)28(46-19)47-22-20(11-39-13(2)31)45-27(37-9-8-29)25(43-17(6)35)24(22)42-16(5)34/h19-28H,8-11,29H2,1-7H3/t19-,20-,21+,22-,23+,24+,25-,26-,27-,28+/m1/s1. The van der Waals surface area contributed by atoms with Crippen LogP contribution >= 0.6 is 0 Å². The summed E-state index contributed by atoms with van der Waals surface area (Å²) in [7, 11) is 0. The van der Waals surface area contributed by atoms with E-state index in [0.29, 0.717) is 0 Å². The lowest BCUT2D eigenvalue weighted by atomic mass is 9.96. The summed E-state index contributed by atoms with van der Waals surface area (Å²) >= 11 is 0. The van der Waals surface area contributed by atoms with Crippen LogP contribution in [0.15, 0.2) is 0 Å². The summed E-state index contributed by atoms with van der Waals surface area (Å²) in [5.41, 5.74) is 5.57. The Hall–Kier alpha value is -3.91. The van der Waals surface area contributed by atoms with Gasteiger partial charge in [-0.1, -0.05) is 0 Å². The van der Waals surface area contributed by atoms with Crippen LogP contribution in [0.3, 0.4) is 0 Å². The fourth-order valence-electron chi connectivity index (χ4n) is 4.79. The number of nitrogens with two attached hydrogens (primary N) is 1. The van der Waals surface area contributed by atoms with Crippen molar-refractivity contribution < 1.29 is 85.7 Å². The van der Waals surface area contributed by atoms with Gasteiger partial charge in [-0.2, -0.15) is 0 Å². The van der Waals surface area contributed by atoms with Gasteiger partial charge in [-0.25, -0.2) is 0 Å². The van der Waals surface area contributed by atoms with Gasteiger partial charge in [0.25, 0.3) is 0 Å². The summed E-state index contributed by atoms with van der Waals surface area (Å²) in [4.78, 5) is 84.5. The van der Waals surface area contributed by atoms with Gasteiger partial charge in [-0.05, 0) is 0 Å². The lowest BCUT2D eigenvalue weighted by Gasteiger charge is -2.48. The second kappa shape index (κ2) is 18.4. The molecule has 2 heterocycles. The molecule has 2 aliphatic heterocycles. The van der Waals surface area contributed by atoms with Crippen LogP contribution in [0.1, 0.15) is 48.5 Å². The minimum Gasteiger partial charge on any atom is -0.463 e. The summed E-state index contributed by atoms with van der Waals surface area (Å²) in [5, 5.41) is 0. The van der Waals surface area contributed by atoms with Gasteiger partial charge in [-0.15, -0.1) is 0 Å². The smallest absolute Gasteiger partial charge is 0.303 e. The minimum atomic E-state index is -1.78. The number of rotatable bonds is 14. The minimum absolute atomic E-state index is 0.0180. The zero-order chi connectivity index (χ0) is 35.4. The molecule has 0 unspecified atom stereocenters. The average molecular weight is 680 g/mol. The molecular formula is C28H41NO18. The molecule has 266 valence electrons. The maximum atomic E-state index is 12.3. The molecule has 0 aromatic rings.